The van der Waals surface area contributed by atoms with E-state index in [0.29, 0.717) is 24.1 Å². The molecule has 3 heterocycles. The Labute approximate surface area is 161 Å². The van der Waals surface area contributed by atoms with Crippen molar-refractivity contribution in [1.29, 1.82) is 0 Å². The molecule has 1 spiro atoms. The molecular weight excluding hydrogens is 352 g/mol. The van der Waals surface area contributed by atoms with Gasteiger partial charge in [0, 0.05) is 25.2 Å². The summed E-state index contributed by atoms with van der Waals surface area (Å²) in [5.41, 5.74) is 3.91. The first-order chi connectivity index (χ1) is 12.1. The highest BCUT2D eigenvalue weighted by atomic mass is 35.5. The number of carbonyl (C=O) groups excluding carboxylic acids is 1. The molecule has 0 aromatic heterocycles. The molecule has 1 unspecified atom stereocenters. The van der Waals surface area contributed by atoms with Crippen LogP contribution in [0.1, 0.15) is 58.8 Å². The number of carbonyl (C=O) groups is 1. The second-order valence-corrected chi connectivity index (χ2v) is 8.02. The first-order valence-electron chi connectivity index (χ1n) is 9.49. The first-order valence-corrected chi connectivity index (χ1v) is 9.49. The maximum atomic E-state index is 11.7. The number of fused-ring (bicyclic) bond motifs is 1. The van der Waals surface area contributed by atoms with E-state index in [9.17, 15) is 9.90 Å². The zero-order chi connectivity index (χ0) is 17.4. The summed E-state index contributed by atoms with van der Waals surface area (Å²) in [5.74, 6) is -0.248. The number of likely N-dealkylation sites (tertiary alicyclic amines) is 1. The summed E-state index contributed by atoms with van der Waals surface area (Å²) in [7, 11) is 0. The molecule has 2 fully saturated rings. The molecule has 0 saturated carbocycles. The van der Waals surface area contributed by atoms with Crippen LogP contribution in [0.2, 0.25) is 0 Å². The van der Waals surface area contributed by atoms with Crippen LogP contribution in [0.25, 0.3) is 0 Å². The highest BCUT2D eigenvalue weighted by Crippen LogP contribution is 2.37. The molecule has 1 aromatic carbocycles. The largest absolute Gasteiger partial charge is 0.457 e. The Morgan fingerprint density at radius 1 is 1.35 bits per heavy atom. The van der Waals surface area contributed by atoms with E-state index in [0.717, 1.165) is 42.9 Å². The fourth-order valence-electron chi connectivity index (χ4n) is 4.92. The van der Waals surface area contributed by atoms with Crippen molar-refractivity contribution in [2.75, 3.05) is 32.7 Å². The van der Waals surface area contributed by atoms with Crippen LogP contribution < -0.4 is 5.32 Å². The van der Waals surface area contributed by atoms with Crippen LogP contribution >= 0.6 is 12.4 Å². The molecule has 144 valence electrons. The van der Waals surface area contributed by atoms with E-state index in [1.807, 2.05) is 13.0 Å². The highest BCUT2D eigenvalue weighted by molar-refractivity contribution is 5.93. The summed E-state index contributed by atoms with van der Waals surface area (Å²) in [6.07, 6.45) is 4.54. The summed E-state index contributed by atoms with van der Waals surface area (Å²) in [6.45, 7) is 7.36. The average Bonchev–Trinajstić information content (AvgIpc) is 2.98. The SMILES string of the molecule is Cc1c([C@@H](O)CN2CCCC3(CCCNC3)C2)ccc2c1COC2=O.Cl. The molecular formula is C20H29ClN2O3. The predicted molar refractivity (Wildman–Crippen MR) is 103 cm³/mol. The van der Waals surface area contributed by atoms with Gasteiger partial charge in [-0.1, -0.05) is 6.07 Å². The minimum Gasteiger partial charge on any atom is -0.457 e. The number of aliphatic hydroxyl groups is 1. The smallest absolute Gasteiger partial charge is 0.338 e. The van der Waals surface area contributed by atoms with Crippen LogP contribution in [-0.4, -0.2) is 48.7 Å². The number of nitrogens with one attached hydrogen (secondary N) is 1. The van der Waals surface area contributed by atoms with Gasteiger partial charge in [0.25, 0.3) is 0 Å². The number of esters is 1. The number of benzene rings is 1. The summed E-state index contributed by atoms with van der Waals surface area (Å²) in [6, 6.07) is 3.70. The molecule has 3 aliphatic rings. The molecule has 0 radical (unpaired) electrons. The molecule has 2 saturated heterocycles. The van der Waals surface area contributed by atoms with Crippen LogP contribution in [-0.2, 0) is 11.3 Å². The van der Waals surface area contributed by atoms with E-state index in [1.54, 1.807) is 6.07 Å². The molecule has 6 heteroatoms. The van der Waals surface area contributed by atoms with Gasteiger partial charge in [0.1, 0.15) is 6.61 Å². The van der Waals surface area contributed by atoms with Gasteiger partial charge in [0.05, 0.1) is 11.7 Å². The number of nitrogens with zero attached hydrogens (tertiary/aromatic N) is 1. The van der Waals surface area contributed by atoms with Crippen molar-refractivity contribution in [3.05, 3.63) is 34.4 Å². The quantitative estimate of drug-likeness (QED) is 0.789. The van der Waals surface area contributed by atoms with Gasteiger partial charge in [-0.2, -0.15) is 0 Å². The van der Waals surface area contributed by atoms with Crippen LogP contribution in [0.4, 0.5) is 0 Å². The number of β-amino-alcohol motifs (C(OH)–C–C–N with tert-alkyl or cyclic N) is 1. The highest BCUT2D eigenvalue weighted by Gasteiger charge is 2.37. The minimum atomic E-state index is -0.521. The zero-order valence-electron chi connectivity index (χ0n) is 15.4. The van der Waals surface area contributed by atoms with Gasteiger partial charge in [-0.25, -0.2) is 4.79 Å². The van der Waals surface area contributed by atoms with Crippen molar-refractivity contribution in [2.24, 2.45) is 5.41 Å². The molecule has 2 atom stereocenters. The van der Waals surface area contributed by atoms with Crippen molar-refractivity contribution < 1.29 is 14.6 Å². The Hall–Kier alpha value is -1.14. The van der Waals surface area contributed by atoms with Gasteiger partial charge in [-0.05, 0) is 68.3 Å². The predicted octanol–water partition coefficient (Wildman–Crippen LogP) is 2.59. The third kappa shape index (κ3) is 3.63. The van der Waals surface area contributed by atoms with Gasteiger partial charge in [0.2, 0.25) is 0 Å². The number of halogens is 1. The van der Waals surface area contributed by atoms with Gasteiger partial charge >= 0.3 is 5.97 Å². The van der Waals surface area contributed by atoms with Crippen molar-refractivity contribution >= 4 is 18.4 Å². The zero-order valence-corrected chi connectivity index (χ0v) is 16.2. The topological polar surface area (TPSA) is 61.8 Å². The molecule has 3 aliphatic heterocycles. The molecule has 26 heavy (non-hydrogen) atoms. The number of cyclic esters (lactones) is 1. The van der Waals surface area contributed by atoms with E-state index in [4.69, 9.17) is 4.74 Å². The van der Waals surface area contributed by atoms with Gasteiger partial charge in [-0.3, -0.25) is 4.90 Å². The second-order valence-electron chi connectivity index (χ2n) is 8.02. The lowest BCUT2D eigenvalue weighted by atomic mass is 9.74. The Balaban J connectivity index is 0.00000196. The van der Waals surface area contributed by atoms with Gasteiger partial charge in [0.15, 0.2) is 0 Å². The molecule has 4 rings (SSSR count). The maximum Gasteiger partial charge on any atom is 0.338 e. The van der Waals surface area contributed by atoms with E-state index in [1.165, 1.54) is 25.7 Å². The van der Waals surface area contributed by atoms with Crippen LogP contribution in [0.15, 0.2) is 12.1 Å². The molecule has 0 bridgehead atoms. The average molecular weight is 381 g/mol. The van der Waals surface area contributed by atoms with Crippen molar-refractivity contribution in [2.45, 2.75) is 45.3 Å². The number of piperidine rings is 2. The number of hydrogen-bond donors (Lipinski definition) is 2. The standard InChI is InChI=1S/C20H28N2O3.ClH/c1-14-15(4-5-16-17(14)11-25-19(16)24)18(23)10-22-9-3-7-20(13-22)6-2-8-21-12-20;/h4-5,18,21,23H,2-3,6-13H2,1H3;1H/t18-,20?;/m0./s1. The summed E-state index contributed by atoms with van der Waals surface area (Å²) < 4.78 is 5.13. The molecule has 0 amide bonds. The van der Waals surface area contributed by atoms with E-state index in [-0.39, 0.29) is 18.4 Å². The molecule has 5 nitrogen and oxygen atoms in total. The van der Waals surface area contributed by atoms with Crippen LogP contribution in [0, 0.1) is 12.3 Å². The lowest BCUT2D eigenvalue weighted by molar-refractivity contribution is 0.0309. The maximum absolute atomic E-state index is 11.7. The summed E-state index contributed by atoms with van der Waals surface area (Å²) in [4.78, 5) is 14.1. The summed E-state index contributed by atoms with van der Waals surface area (Å²) >= 11 is 0. The fourth-order valence-corrected chi connectivity index (χ4v) is 4.92. The Morgan fingerprint density at radius 3 is 2.92 bits per heavy atom. The Morgan fingerprint density at radius 2 is 2.15 bits per heavy atom. The van der Waals surface area contributed by atoms with Gasteiger partial charge < -0.3 is 15.2 Å². The monoisotopic (exact) mass is 380 g/mol. The van der Waals surface area contributed by atoms with E-state index < -0.39 is 6.10 Å². The van der Waals surface area contributed by atoms with Crippen molar-refractivity contribution in [3.63, 3.8) is 0 Å². The van der Waals surface area contributed by atoms with E-state index >= 15 is 0 Å². The molecule has 0 aliphatic carbocycles. The van der Waals surface area contributed by atoms with Crippen molar-refractivity contribution in [3.8, 4) is 0 Å². The minimum absolute atomic E-state index is 0. The summed E-state index contributed by atoms with van der Waals surface area (Å²) in [5, 5.41) is 14.4. The van der Waals surface area contributed by atoms with Gasteiger partial charge in [-0.15, -0.1) is 12.4 Å². The second kappa shape index (κ2) is 7.85. The first kappa shape index (κ1) is 19.6. The third-order valence-electron chi connectivity index (χ3n) is 6.30. The van der Waals surface area contributed by atoms with E-state index in [2.05, 4.69) is 10.2 Å². The third-order valence-corrected chi connectivity index (χ3v) is 6.30. The fraction of sp³-hybridized carbons (Fsp3) is 0.650. The number of hydrogen-bond acceptors (Lipinski definition) is 5. The molecule has 2 N–H and O–H groups in total. The number of ether oxygens (including phenoxy) is 1. The number of aliphatic hydroxyl groups excluding tert-OH is 1. The Kier molecular flexibility index (Phi) is 5.92. The normalized spacial score (nSPS) is 26.9. The van der Waals surface area contributed by atoms with Crippen molar-refractivity contribution in [1.82, 2.24) is 10.2 Å². The lowest BCUT2D eigenvalue weighted by Gasteiger charge is -2.46. The Bertz CT molecular complexity index is 668. The number of rotatable bonds is 3. The van der Waals surface area contributed by atoms with Crippen LogP contribution in [0.5, 0.6) is 0 Å². The van der Waals surface area contributed by atoms with Crippen LogP contribution in [0.3, 0.4) is 0 Å². The lowest BCUT2D eigenvalue weighted by Crippen LogP contribution is -2.51. The molecule has 1 aromatic rings.